The Balaban J connectivity index is 0. The third-order valence-electron chi connectivity index (χ3n) is 0.430. The van der Waals surface area contributed by atoms with Crippen molar-refractivity contribution < 1.29 is 9.90 Å². The smallest absolute Gasteiger partial charge is 0.322 e. The molecule has 1 atom stereocenters. The van der Waals surface area contributed by atoms with Crippen LogP contribution in [0.15, 0.2) is 0 Å². The summed E-state index contributed by atoms with van der Waals surface area (Å²) in [4.78, 5) is 9.69. The fourth-order valence-electron chi connectivity index (χ4n) is 0.171. The Morgan fingerprint density at radius 3 is 2.33 bits per heavy atom. The van der Waals surface area contributed by atoms with Crippen LogP contribution in [0.5, 0.6) is 0 Å². The van der Waals surface area contributed by atoms with Crippen molar-refractivity contribution in [3.8, 4) is 0 Å². The zero-order valence-corrected chi connectivity index (χ0v) is 6.26. The number of rotatable bonds is 2. The van der Waals surface area contributed by atoms with Crippen molar-refractivity contribution in [1.82, 2.24) is 5.32 Å². The van der Waals surface area contributed by atoms with E-state index in [0.29, 0.717) is 0 Å². The maximum absolute atomic E-state index is 9.69. The molecule has 54 valence electrons. The highest BCUT2D eigenvalue weighted by Crippen LogP contribution is 1.55. The lowest BCUT2D eigenvalue weighted by atomic mass is 10.6. The molecule has 1 unspecified atom stereocenters. The van der Waals surface area contributed by atoms with E-state index in [9.17, 15) is 4.79 Å². The van der Waals surface area contributed by atoms with Gasteiger partial charge in [0.25, 0.3) is 0 Å². The first-order valence-corrected chi connectivity index (χ1v) is 1.92. The van der Waals surface area contributed by atoms with Crippen LogP contribution in [0, 0.1) is 5.41 Å². The van der Waals surface area contributed by atoms with Gasteiger partial charge in [-0.3, -0.25) is 10.2 Å². The first-order valence-electron chi connectivity index (χ1n) is 1.92. The third kappa shape index (κ3) is 11.0. The lowest BCUT2D eigenvalue weighted by Crippen LogP contribution is -2.34. The molecule has 0 aliphatic carbocycles. The zero-order chi connectivity index (χ0) is 6.57. The van der Waals surface area contributed by atoms with E-state index in [4.69, 9.17) is 16.2 Å². The number of nitrogens with one attached hydrogen (secondary N) is 2. The molecule has 0 rings (SSSR count). The Kier molecular flexibility index (Phi) is 6.51. The second-order valence-corrected chi connectivity index (χ2v) is 1.16. The number of carboxylic acids is 1. The third-order valence-corrected chi connectivity index (χ3v) is 0.430. The molecule has 0 saturated carbocycles. The SMILES string of the molecule is N=C(N)NCC(=O)O.P. The first-order chi connectivity index (χ1) is 3.63. The topological polar surface area (TPSA) is 99.2 Å². The maximum atomic E-state index is 9.69. The Hall–Kier alpha value is -0.830. The minimum atomic E-state index is -1.03. The van der Waals surface area contributed by atoms with Gasteiger partial charge < -0.3 is 16.2 Å². The van der Waals surface area contributed by atoms with E-state index in [1.54, 1.807) is 0 Å². The Labute approximate surface area is 55.8 Å². The van der Waals surface area contributed by atoms with Gasteiger partial charge >= 0.3 is 5.97 Å². The summed E-state index contributed by atoms with van der Waals surface area (Å²) < 4.78 is 0. The van der Waals surface area contributed by atoms with E-state index < -0.39 is 5.97 Å². The molecule has 5 nitrogen and oxygen atoms in total. The quantitative estimate of drug-likeness (QED) is 0.222. The molecule has 0 saturated heterocycles. The Morgan fingerprint density at radius 1 is 1.78 bits per heavy atom. The van der Waals surface area contributed by atoms with E-state index >= 15 is 0 Å². The van der Waals surface area contributed by atoms with Gasteiger partial charge in [-0.05, 0) is 0 Å². The molecule has 0 radical (unpaired) electrons. The van der Waals surface area contributed by atoms with Crippen LogP contribution >= 0.6 is 9.90 Å². The standard InChI is InChI=1S/C3H7N3O2.H3P/c4-3(5)6-1-2(7)8;/h1H2,(H,7,8)(H4,4,5,6);1H3. The minimum absolute atomic E-state index is 0. The molecular formula is C3H10N3O2P. The molecule has 0 fully saturated rings. The number of guanidine groups is 1. The van der Waals surface area contributed by atoms with Crippen molar-refractivity contribution in [2.45, 2.75) is 0 Å². The van der Waals surface area contributed by atoms with Gasteiger partial charge in [0.05, 0.1) is 0 Å². The van der Waals surface area contributed by atoms with Gasteiger partial charge in [0.15, 0.2) is 5.96 Å². The molecule has 0 amide bonds. The fourth-order valence-corrected chi connectivity index (χ4v) is 0.171. The van der Waals surface area contributed by atoms with Gasteiger partial charge in [-0.15, -0.1) is 0 Å². The minimum Gasteiger partial charge on any atom is -0.480 e. The fraction of sp³-hybridized carbons (Fsp3) is 0.333. The number of hydrogen-bond acceptors (Lipinski definition) is 2. The second-order valence-electron chi connectivity index (χ2n) is 1.16. The van der Waals surface area contributed by atoms with Crippen LogP contribution < -0.4 is 11.1 Å². The van der Waals surface area contributed by atoms with Crippen molar-refractivity contribution in [3.63, 3.8) is 0 Å². The van der Waals surface area contributed by atoms with Crippen LogP contribution in [-0.4, -0.2) is 23.6 Å². The van der Waals surface area contributed by atoms with Crippen LogP contribution in [0.25, 0.3) is 0 Å². The summed E-state index contributed by atoms with van der Waals surface area (Å²) in [6.45, 7) is -0.296. The van der Waals surface area contributed by atoms with E-state index in [-0.39, 0.29) is 22.4 Å². The summed E-state index contributed by atoms with van der Waals surface area (Å²) in [6, 6.07) is 0. The molecule has 0 aliphatic heterocycles. The number of nitrogens with two attached hydrogens (primary N) is 1. The highest BCUT2D eigenvalue weighted by molar-refractivity contribution is 6.92. The number of carbonyl (C=O) groups is 1. The zero-order valence-electron chi connectivity index (χ0n) is 4.85. The molecule has 0 bridgehead atoms. The maximum Gasteiger partial charge on any atom is 0.322 e. The summed E-state index contributed by atoms with van der Waals surface area (Å²) in [6.07, 6.45) is 0. The predicted molar refractivity (Wildman–Crippen MR) is 38.7 cm³/mol. The van der Waals surface area contributed by atoms with E-state index in [1.165, 1.54) is 0 Å². The molecule has 0 aromatic heterocycles. The lowest BCUT2D eigenvalue weighted by molar-refractivity contribution is -0.135. The summed E-state index contributed by atoms with van der Waals surface area (Å²) in [5.74, 6) is -1.35. The summed E-state index contributed by atoms with van der Waals surface area (Å²) in [5, 5.41) is 16.5. The highest BCUT2D eigenvalue weighted by Gasteiger charge is 1.92. The molecule has 0 aliphatic rings. The molecule has 5 N–H and O–H groups in total. The largest absolute Gasteiger partial charge is 0.480 e. The van der Waals surface area contributed by atoms with Crippen molar-refractivity contribution in [1.29, 1.82) is 5.41 Å². The van der Waals surface area contributed by atoms with Gasteiger partial charge in [-0.2, -0.15) is 9.90 Å². The van der Waals surface area contributed by atoms with Crippen LogP contribution in [0.2, 0.25) is 0 Å². The van der Waals surface area contributed by atoms with Crippen molar-refractivity contribution >= 4 is 21.8 Å². The number of carboxylic acid groups (broad SMARTS) is 1. The molecule has 0 aromatic rings. The second kappa shape index (κ2) is 5.31. The molecule has 9 heavy (non-hydrogen) atoms. The summed E-state index contributed by atoms with van der Waals surface area (Å²) in [7, 11) is 0. The number of hydrogen-bond donors (Lipinski definition) is 4. The van der Waals surface area contributed by atoms with Gasteiger partial charge in [0, 0.05) is 0 Å². The Morgan fingerprint density at radius 2 is 2.22 bits per heavy atom. The molecule has 0 spiro atoms. The van der Waals surface area contributed by atoms with Crippen molar-refractivity contribution in [2.75, 3.05) is 6.54 Å². The van der Waals surface area contributed by atoms with Crippen LogP contribution in [0.1, 0.15) is 0 Å². The van der Waals surface area contributed by atoms with Crippen LogP contribution in [0.3, 0.4) is 0 Å². The highest BCUT2D eigenvalue weighted by atomic mass is 31.0. The molecule has 0 heterocycles. The first kappa shape index (κ1) is 11.0. The Bertz CT molecular complexity index is 102. The van der Waals surface area contributed by atoms with Gasteiger partial charge in [0.1, 0.15) is 6.54 Å². The molecule has 0 aromatic carbocycles. The molecular weight excluding hydrogens is 141 g/mol. The monoisotopic (exact) mass is 151 g/mol. The van der Waals surface area contributed by atoms with E-state index in [1.807, 2.05) is 0 Å². The number of aliphatic carboxylic acids is 1. The molecule has 6 heteroatoms. The van der Waals surface area contributed by atoms with Crippen LogP contribution in [-0.2, 0) is 4.79 Å². The van der Waals surface area contributed by atoms with E-state index in [0.717, 1.165) is 0 Å². The van der Waals surface area contributed by atoms with Crippen molar-refractivity contribution in [3.05, 3.63) is 0 Å². The van der Waals surface area contributed by atoms with Gasteiger partial charge in [0.2, 0.25) is 0 Å². The average molecular weight is 151 g/mol. The van der Waals surface area contributed by atoms with E-state index in [2.05, 4.69) is 5.32 Å². The average Bonchev–Trinajstić information content (AvgIpc) is 1.61. The predicted octanol–water partition coefficient (Wildman–Crippen LogP) is -1.39. The lowest BCUT2D eigenvalue weighted by Gasteiger charge is -1.95. The van der Waals surface area contributed by atoms with Gasteiger partial charge in [-0.1, -0.05) is 0 Å². The summed E-state index contributed by atoms with van der Waals surface area (Å²) in [5.41, 5.74) is 4.75. The van der Waals surface area contributed by atoms with Crippen molar-refractivity contribution in [2.24, 2.45) is 5.73 Å². The normalized spacial score (nSPS) is 7.11. The van der Waals surface area contributed by atoms with Gasteiger partial charge in [-0.25, -0.2) is 0 Å². The van der Waals surface area contributed by atoms with Crippen LogP contribution in [0.4, 0.5) is 0 Å². The summed E-state index contributed by atoms with van der Waals surface area (Å²) >= 11 is 0.